The average Bonchev–Trinajstić information content (AvgIpc) is 2.46. The van der Waals surface area contributed by atoms with E-state index in [2.05, 4.69) is 9.88 Å². The molecule has 1 aliphatic rings. The van der Waals surface area contributed by atoms with Crippen LogP contribution in [0.4, 0.5) is 0 Å². The fourth-order valence-electron chi connectivity index (χ4n) is 3.11. The van der Waals surface area contributed by atoms with Gasteiger partial charge in [-0.25, -0.2) is 4.79 Å². The number of aromatic amines is 1. The van der Waals surface area contributed by atoms with Gasteiger partial charge in [-0.05, 0) is 26.0 Å². The normalized spacial score (nSPS) is 23.0. The average molecular weight is 303 g/mol. The third kappa shape index (κ3) is 2.98. The third-order valence-electron chi connectivity index (χ3n) is 4.02. The van der Waals surface area contributed by atoms with E-state index in [-0.39, 0.29) is 23.5 Å². The number of morpholine rings is 1. The number of nitrogens with one attached hydrogen (secondary N) is 1. The first-order chi connectivity index (χ1) is 10.5. The Hall–Kier alpha value is -1.92. The largest absolute Gasteiger partial charge is 0.373 e. The van der Waals surface area contributed by atoms with Gasteiger partial charge in [0.25, 0.3) is 5.56 Å². The highest BCUT2D eigenvalue weighted by Gasteiger charge is 2.22. The van der Waals surface area contributed by atoms with Crippen LogP contribution in [0.25, 0.3) is 10.9 Å². The van der Waals surface area contributed by atoms with Gasteiger partial charge in [0.05, 0.1) is 23.1 Å². The predicted molar refractivity (Wildman–Crippen MR) is 85.3 cm³/mol. The molecule has 2 heterocycles. The molecule has 0 amide bonds. The van der Waals surface area contributed by atoms with Gasteiger partial charge in [-0.15, -0.1) is 0 Å². The summed E-state index contributed by atoms with van der Waals surface area (Å²) in [5, 5.41) is 0.547. The summed E-state index contributed by atoms with van der Waals surface area (Å²) >= 11 is 0. The topological polar surface area (TPSA) is 67.3 Å². The van der Waals surface area contributed by atoms with Gasteiger partial charge in [0.15, 0.2) is 0 Å². The molecular formula is C16H21N3O3. The fourth-order valence-corrected chi connectivity index (χ4v) is 3.11. The molecule has 1 saturated heterocycles. The van der Waals surface area contributed by atoms with Crippen LogP contribution < -0.4 is 11.2 Å². The summed E-state index contributed by atoms with van der Waals surface area (Å²) in [6.07, 6.45) is 0.353. The van der Waals surface area contributed by atoms with E-state index >= 15 is 0 Å². The highest BCUT2D eigenvalue weighted by molar-refractivity contribution is 5.76. The van der Waals surface area contributed by atoms with Crippen LogP contribution in [0.15, 0.2) is 33.9 Å². The number of hydrogen-bond acceptors (Lipinski definition) is 4. The monoisotopic (exact) mass is 303 g/mol. The number of fused-ring (bicyclic) bond motifs is 1. The SMILES string of the molecule is C[C@@H]1CN(CCn2c(=O)[nH]c3ccccc3c2=O)C[C@@H](C)O1. The number of nitrogens with zero attached hydrogens (tertiary/aromatic N) is 2. The lowest BCUT2D eigenvalue weighted by Crippen LogP contribution is -2.48. The van der Waals surface area contributed by atoms with Gasteiger partial charge in [0, 0.05) is 26.2 Å². The zero-order valence-electron chi connectivity index (χ0n) is 12.9. The van der Waals surface area contributed by atoms with Crippen LogP contribution in [0.2, 0.25) is 0 Å². The van der Waals surface area contributed by atoms with Crippen molar-refractivity contribution < 1.29 is 4.74 Å². The van der Waals surface area contributed by atoms with Crippen molar-refractivity contribution in [2.75, 3.05) is 19.6 Å². The van der Waals surface area contributed by atoms with Crippen molar-refractivity contribution in [3.05, 3.63) is 45.1 Å². The Morgan fingerprint density at radius 1 is 1.14 bits per heavy atom. The van der Waals surface area contributed by atoms with E-state index in [0.29, 0.717) is 24.0 Å². The molecule has 0 saturated carbocycles. The Morgan fingerprint density at radius 3 is 2.55 bits per heavy atom. The molecule has 2 aromatic rings. The quantitative estimate of drug-likeness (QED) is 0.911. The summed E-state index contributed by atoms with van der Waals surface area (Å²) < 4.78 is 6.98. The van der Waals surface area contributed by atoms with E-state index in [0.717, 1.165) is 13.1 Å². The highest BCUT2D eigenvalue weighted by atomic mass is 16.5. The van der Waals surface area contributed by atoms with Gasteiger partial charge in [-0.2, -0.15) is 0 Å². The molecule has 1 aromatic carbocycles. The van der Waals surface area contributed by atoms with Crippen molar-refractivity contribution >= 4 is 10.9 Å². The van der Waals surface area contributed by atoms with Crippen molar-refractivity contribution in [2.45, 2.75) is 32.6 Å². The first kappa shape index (κ1) is 15.0. The van der Waals surface area contributed by atoms with Crippen LogP contribution in [0.5, 0.6) is 0 Å². The maximum absolute atomic E-state index is 12.5. The first-order valence-electron chi connectivity index (χ1n) is 7.64. The van der Waals surface area contributed by atoms with Gasteiger partial charge in [-0.1, -0.05) is 12.1 Å². The molecule has 6 nitrogen and oxygen atoms in total. The minimum Gasteiger partial charge on any atom is -0.373 e. The lowest BCUT2D eigenvalue weighted by molar-refractivity contribution is -0.0686. The summed E-state index contributed by atoms with van der Waals surface area (Å²) in [5.74, 6) is 0. The molecule has 0 spiro atoms. The Balaban J connectivity index is 1.82. The summed E-state index contributed by atoms with van der Waals surface area (Å²) in [6.45, 7) is 6.78. The van der Waals surface area contributed by atoms with E-state index in [9.17, 15) is 9.59 Å². The lowest BCUT2D eigenvalue weighted by Gasteiger charge is -2.35. The van der Waals surface area contributed by atoms with E-state index in [4.69, 9.17) is 4.74 Å². The number of H-pyrrole nitrogens is 1. The van der Waals surface area contributed by atoms with E-state index < -0.39 is 0 Å². The Labute approximate surface area is 128 Å². The van der Waals surface area contributed by atoms with Gasteiger partial charge in [-0.3, -0.25) is 14.3 Å². The minimum atomic E-state index is -0.349. The summed E-state index contributed by atoms with van der Waals surface area (Å²) in [7, 11) is 0. The Kier molecular flexibility index (Phi) is 4.13. The second-order valence-electron chi connectivity index (χ2n) is 5.95. The molecule has 0 bridgehead atoms. The second-order valence-corrected chi connectivity index (χ2v) is 5.95. The van der Waals surface area contributed by atoms with Crippen LogP contribution in [0.1, 0.15) is 13.8 Å². The molecule has 22 heavy (non-hydrogen) atoms. The van der Waals surface area contributed by atoms with Crippen LogP contribution >= 0.6 is 0 Å². The molecule has 1 N–H and O–H groups in total. The van der Waals surface area contributed by atoms with Crippen LogP contribution in [0, 0.1) is 0 Å². The minimum absolute atomic E-state index is 0.176. The fraction of sp³-hybridized carbons (Fsp3) is 0.500. The van der Waals surface area contributed by atoms with Crippen molar-refractivity contribution in [2.24, 2.45) is 0 Å². The predicted octanol–water partition coefficient (Wildman–Crippen LogP) is 0.799. The molecule has 0 aliphatic carbocycles. The Morgan fingerprint density at radius 2 is 1.82 bits per heavy atom. The summed E-state index contributed by atoms with van der Waals surface area (Å²) in [4.78, 5) is 29.6. The van der Waals surface area contributed by atoms with Crippen LogP contribution in [0.3, 0.4) is 0 Å². The molecule has 6 heteroatoms. The first-order valence-corrected chi connectivity index (χ1v) is 7.64. The van der Waals surface area contributed by atoms with Gasteiger partial charge >= 0.3 is 5.69 Å². The number of rotatable bonds is 3. The number of ether oxygens (including phenoxy) is 1. The molecular weight excluding hydrogens is 282 g/mol. The van der Waals surface area contributed by atoms with Crippen molar-refractivity contribution in [3.63, 3.8) is 0 Å². The second kappa shape index (κ2) is 6.06. The number of benzene rings is 1. The number of hydrogen-bond donors (Lipinski definition) is 1. The highest BCUT2D eigenvalue weighted by Crippen LogP contribution is 2.10. The maximum atomic E-state index is 12.5. The molecule has 1 aromatic heterocycles. The van der Waals surface area contributed by atoms with Crippen LogP contribution in [-0.4, -0.2) is 46.3 Å². The number of aromatic nitrogens is 2. The summed E-state index contributed by atoms with van der Waals surface area (Å²) in [5.41, 5.74) is 0.00845. The van der Waals surface area contributed by atoms with Crippen LogP contribution in [-0.2, 0) is 11.3 Å². The molecule has 3 rings (SSSR count). The van der Waals surface area contributed by atoms with Crippen molar-refractivity contribution in [1.82, 2.24) is 14.5 Å². The Bertz CT molecular complexity index is 770. The standard InChI is InChI=1S/C16H21N3O3/c1-11-9-18(10-12(2)22-11)7-8-19-15(20)13-5-3-4-6-14(13)17-16(19)21/h3-6,11-12H,7-10H2,1-2H3,(H,17,21)/t11-,12-/m1/s1. The molecule has 118 valence electrons. The molecule has 0 radical (unpaired) electrons. The van der Waals surface area contributed by atoms with E-state index in [1.165, 1.54) is 4.57 Å². The van der Waals surface area contributed by atoms with E-state index in [1.807, 2.05) is 13.8 Å². The molecule has 0 unspecified atom stereocenters. The van der Waals surface area contributed by atoms with Gasteiger partial charge < -0.3 is 9.72 Å². The van der Waals surface area contributed by atoms with E-state index in [1.54, 1.807) is 24.3 Å². The molecule has 1 aliphatic heterocycles. The van der Waals surface area contributed by atoms with Gasteiger partial charge in [0.2, 0.25) is 0 Å². The van der Waals surface area contributed by atoms with Crippen molar-refractivity contribution in [3.8, 4) is 0 Å². The smallest absolute Gasteiger partial charge is 0.328 e. The molecule has 2 atom stereocenters. The van der Waals surface area contributed by atoms with Crippen molar-refractivity contribution in [1.29, 1.82) is 0 Å². The number of para-hydroxylation sites is 1. The lowest BCUT2D eigenvalue weighted by atomic mass is 10.2. The zero-order valence-corrected chi connectivity index (χ0v) is 12.9. The third-order valence-corrected chi connectivity index (χ3v) is 4.02. The van der Waals surface area contributed by atoms with Gasteiger partial charge in [0.1, 0.15) is 0 Å². The maximum Gasteiger partial charge on any atom is 0.328 e. The molecule has 1 fully saturated rings. The summed E-state index contributed by atoms with van der Waals surface area (Å²) in [6, 6.07) is 7.09. The zero-order chi connectivity index (χ0) is 15.7.